The van der Waals surface area contributed by atoms with Gasteiger partial charge < -0.3 is 24.7 Å². The van der Waals surface area contributed by atoms with E-state index in [-0.39, 0.29) is 29.8 Å². The number of nitrogens with one attached hydrogen (secondary N) is 2. The van der Waals surface area contributed by atoms with Crippen LogP contribution in [-0.2, 0) is 17.6 Å². The van der Waals surface area contributed by atoms with Crippen LogP contribution in [0, 0.1) is 19.7 Å². The van der Waals surface area contributed by atoms with Crippen molar-refractivity contribution >= 4 is 17.6 Å². The Morgan fingerprint density at radius 3 is 2.66 bits per heavy atom. The second-order valence-corrected chi connectivity index (χ2v) is 11.4. The summed E-state index contributed by atoms with van der Waals surface area (Å²) in [5.41, 5.74) is 5.63. The molecule has 0 spiro atoms. The average Bonchev–Trinajstić information content (AvgIpc) is 3.31. The van der Waals surface area contributed by atoms with E-state index in [0.717, 1.165) is 16.7 Å². The van der Waals surface area contributed by atoms with E-state index in [9.17, 15) is 18.8 Å². The average molecular weight is 596 g/mol. The standard InChI is InChI=1S/C35H34FN3O5/c1-20-32(21(2)38-33(20)22(3)40)35(42)39-14-12-24-18-27-9-10-28(24)34(39)25-6-4-7-26(19-25)43-15-5-13-37-31(41)17-23-8-11-29(36)30(16-23)44-27/h4,6-11,16,18-19,34,38H,5,12-15,17H2,1-3H3,(H,37,41). The fourth-order valence-electron chi connectivity index (χ4n) is 6.19. The second kappa shape index (κ2) is 12.0. The molecule has 8 nitrogen and oxygen atoms in total. The van der Waals surface area contributed by atoms with Crippen molar-refractivity contribution in [2.75, 3.05) is 19.7 Å². The number of carbonyl (C=O) groups excluding carboxylic acids is 3. The number of aromatic nitrogens is 1. The fraction of sp³-hybridized carbons (Fsp3) is 0.286. The van der Waals surface area contributed by atoms with Gasteiger partial charge in [-0.2, -0.15) is 0 Å². The molecule has 8 bridgehead atoms. The molecule has 2 amide bonds. The number of amides is 2. The highest BCUT2D eigenvalue weighted by Gasteiger charge is 2.35. The third kappa shape index (κ3) is 5.69. The van der Waals surface area contributed by atoms with Crippen LogP contribution in [0.4, 0.5) is 4.39 Å². The van der Waals surface area contributed by atoms with Crippen molar-refractivity contribution < 1.29 is 28.2 Å². The zero-order valence-corrected chi connectivity index (χ0v) is 25.0. The van der Waals surface area contributed by atoms with Crippen LogP contribution < -0.4 is 14.8 Å². The molecule has 1 unspecified atom stereocenters. The molecule has 1 aromatic heterocycles. The number of aryl methyl sites for hydroxylation is 1. The molecule has 9 heteroatoms. The van der Waals surface area contributed by atoms with Gasteiger partial charge >= 0.3 is 0 Å². The first kappa shape index (κ1) is 29.2. The molecule has 226 valence electrons. The number of aromatic amines is 1. The number of hydrogen-bond donors (Lipinski definition) is 2. The van der Waals surface area contributed by atoms with Crippen molar-refractivity contribution in [2.24, 2.45) is 0 Å². The molecule has 4 heterocycles. The van der Waals surface area contributed by atoms with E-state index in [0.29, 0.717) is 72.1 Å². The van der Waals surface area contributed by atoms with Crippen LogP contribution in [0.15, 0.2) is 60.7 Å². The number of fused-ring (bicyclic) bond motifs is 7. The number of hydrogen-bond acceptors (Lipinski definition) is 5. The van der Waals surface area contributed by atoms with Gasteiger partial charge in [-0.05, 0) is 90.9 Å². The number of benzene rings is 3. The smallest absolute Gasteiger partial charge is 0.256 e. The van der Waals surface area contributed by atoms with Gasteiger partial charge in [0.2, 0.25) is 5.91 Å². The Morgan fingerprint density at radius 2 is 1.86 bits per heavy atom. The number of ether oxygens (including phenoxy) is 2. The predicted molar refractivity (Wildman–Crippen MR) is 163 cm³/mol. The third-order valence-corrected chi connectivity index (χ3v) is 8.28. The van der Waals surface area contributed by atoms with Gasteiger partial charge in [-0.15, -0.1) is 0 Å². The summed E-state index contributed by atoms with van der Waals surface area (Å²) in [6.45, 7) is 6.33. The highest BCUT2D eigenvalue weighted by atomic mass is 19.1. The lowest BCUT2D eigenvalue weighted by Crippen LogP contribution is -2.41. The van der Waals surface area contributed by atoms with Crippen molar-refractivity contribution in [1.82, 2.24) is 15.2 Å². The Balaban J connectivity index is 1.44. The van der Waals surface area contributed by atoms with Gasteiger partial charge in [0.1, 0.15) is 11.5 Å². The molecule has 3 aromatic carbocycles. The number of nitrogens with zero attached hydrogens (tertiary/aromatic N) is 1. The van der Waals surface area contributed by atoms with Gasteiger partial charge in [-0.1, -0.05) is 24.3 Å². The molecule has 3 aliphatic rings. The maximum atomic E-state index is 14.8. The van der Waals surface area contributed by atoms with Crippen molar-refractivity contribution in [3.05, 3.63) is 111 Å². The minimum atomic E-state index is -0.524. The zero-order valence-electron chi connectivity index (χ0n) is 25.0. The molecule has 3 aliphatic heterocycles. The molecule has 0 saturated carbocycles. The molecule has 7 rings (SSSR count). The molecule has 1 atom stereocenters. The normalized spacial score (nSPS) is 16.6. The molecular formula is C35H34FN3O5. The van der Waals surface area contributed by atoms with Gasteiger partial charge in [-0.25, -0.2) is 4.39 Å². The minimum absolute atomic E-state index is 0.0399. The summed E-state index contributed by atoms with van der Waals surface area (Å²) in [7, 11) is 0. The number of carbonyl (C=O) groups is 3. The van der Waals surface area contributed by atoms with Crippen molar-refractivity contribution in [3.8, 4) is 17.2 Å². The number of halogens is 1. The summed E-state index contributed by atoms with van der Waals surface area (Å²) in [4.78, 5) is 44.0. The van der Waals surface area contributed by atoms with E-state index in [1.165, 1.54) is 13.0 Å². The van der Waals surface area contributed by atoms with E-state index >= 15 is 0 Å². The monoisotopic (exact) mass is 595 g/mol. The number of ketones is 1. The Kier molecular flexibility index (Phi) is 7.95. The largest absolute Gasteiger partial charge is 0.494 e. The van der Waals surface area contributed by atoms with E-state index in [2.05, 4.69) is 10.3 Å². The maximum absolute atomic E-state index is 14.8. The first-order valence-electron chi connectivity index (χ1n) is 14.8. The first-order valence-corrected chi connectivity index (χ1v) is 14.8. The Labute approximate surface area is 255 Å². The van der Waals surface area contributed by atoms with E-state index in [1.807, 2.05) is 48.2 Å². The zero-order chi connectivity index (χ0) is 31.0. The highest BCUT2D eigenvalue weighted by molar-refractivity contribution is 6.03. The Morgan fingerprint density at radius 1 is 1.02 bits per heavy atom. The van der Waals surface area contributed by atoms with Crippen LogP contribution >= 0.6 is 0 Å². The van der Waals surface area contributed by atoms with Gasteiger partial charge in [0.05, 0.1) is 30.3 Å². The topological polar surface area (TPSA) is 101 Å². The van der Waals surface area contributed by atoms with Crippen molar-refractivity contribution in [3.63, 3.8) is 0 Å². The van der Waals surface area contributed by atoms with Crippen LogP contribution in [0.2, 0.25) is 0 Å². The van der Waals surface area contributed by atoms with Gasteiger partial charge in [0.15, 0.2) is 17.3 Å². The summed E-state index contributed by atoms with van der Waals surface area (Å²) in [5.74, 6) is 0.169. The summed E-state index contributed by atoms with van der Waals surface area (Å²) < 4.78 is 26.8. The van der Waals surface area contributed by atoms with Gasteiger partial charge in [-0.3, -0.25) is 14.4 Å². The number of H-pyrrole nitrogens is 1. The quantitative estimate of drug-likeness (QED) is 0.277. The third-order valence-electron chi connectivity index (χ3n) is 8.28. The van der Waals surface area contributed by atoms with Gasteiger partial charge in [0.25, 0.3) is 5.91 Å². The molecule has 44 heavy (non-hydrogen) atoms. The lowest BCUT2D eigenvalue weighted by molar-refractivity contribution is -0.120. The second-order valence-electron chi connectivity index (χ2n) is 11.4. The maximum Gasteiger partial charge on any atom is 0.256 e. The van der Waals surface area contributed by atoms with Crippen LogP contribution in [-0.4, -0.2) is 47.2 Å². The molecule has 0 fully saturated rings. The van der Waals surface area contributed by atoms with Crippen molar-refractivity contribution in [2.45, 2.75) is 46.1 Å². The van der Waals surface area contributed by atoms with E-state index in [4.69, 9.17) is 9.47 Å². The molecule has 4 aromatic rings. The lowest BCUT2D eigenvalue weighted by atomic mass is 9.87. The van der Waals surface area contributed by atoms with Crippen LogP contribution in [0.3, 0.4) is 0 Å². The van der Waals surface area contributed by atoms with Crippen LogP contribution in [0.1, 0.15) is 73.7 Å². The Bertz CT molecular complexity index is 1780. The summed E-state index contributed by atoms with van der Waals surface area (Å²) in [6.07, 6.45) is 1.25. The molecular weight excluding hydrogens is 561 g/mol. The number of Topliss-reactive ketones (excluding diaryl/α,β-unsaturated/α-hetero) is 1. The van der Waals surface area contributed by atoms with Gasteiger partial charge in [0, 0.05) is 25.7 Å². The predicted octanol–water partition coefficient (Wildman–Crippen LogP) is 5.99. The summed E-state index contributed by atoms with van der Waals surface area (Å²) >= 11 is 0. The van der Waals surface area contributed by atoms with Crippen LogP contribution in [0.25, 0.3) is 0 Å². The molecule has 2 N–H and O–H groups in total. The lowest BCUT2D eigenvalue weighted by Gasteiger charge is -2.38. The van der Waals surface area contributed by atoms with E-state index in [1.54, 1.807) is 25.1 Å². The highest BCUT2D eigenvalue weighted by Crippen LogP contribution is 2.40. The van der Waals surface area contributed by atoms with E-state index < -0.39 is 11.9 Å². The molecule has 0 aliphatic carbocycles. The fourth-order valence-corrected chi connectivity index (χ4v) is 6.19. The minimum Gasteiger partial charge on any atom is -0.494 e. The number of rotatable bonds is 2. The summed E-state index contributed by atoms with van der Waals surface area (Å²) in [5, 5.41) is 2.89. The first-order chi connectivity index (χ1) is 21.2. The molecule has 0 radical (unpaired) electrons. The van der Waals surface area contributed by atoms with Crippen molar-refractivity contribution in [1.29, 1.82) is 0 Å². The Hall–Kier alpha value is -4.92. The van der Waals surface area contributed by atoms with Crippen LogP contribution in [0.5, 0.6) is 17.2 Å². The summed E-state index contributed by atoms with van der Waals surface area (Å²) in [6, 6.07) is 17.3. The molecule has 0 saturated heterocycles. The SMILES string of the molecule is CC(=O)c1[nH]c(C)c(C(=O)N2CCc3cc4ccc3C2c2cccc(c2)OCCCNC(=O)Cc2ccc(F)c(c2)O4)c1C.